The van der Waals surface area contributed by atoms with Gasteiger partial charge in [0, 0.05) is 18.5 Å². The highest BCUT2D eigenvalue weighted by Crippen LogP contribution is 2.09. The zero-order valence-electron chi connectivity index (χ0n) is 12.1. The molecule has 4 heteroatoms. The van der Waals surface area contributed by atoms with Crippen LogP contribution in [0.4, 0.5) is 4.79 Å². The Kier molecular flexibility index (Phi) is 5.89. The minimum Gasteiger partial charge on any atom is -0.508 e. The number of phenolic OH excluding ortho intramolecular Hbond substituents is 1. The van der Waals surface area contributed by atoms with E-state index in [1.54, 1.807) is 18.2 Å². The van der Waals surface area contributed by atoms with E-state index in [0.717, 1.165) is 11.1 Å². The summed E-state index contributed by atoms with van der Waals surface area (Å²) in [5.41, 5.74) is 1.69. The Morgan fingerprint density at radius 2 is 1.95 bits per heavy atom. The predicted molar refractivity (Wildman–Crippen MR) is 84.2 cm³/mol. The lowest BCUT2D eigenvalue weighted by atomic mass is 10.2. The minimum absolute atomic E-state index is 0.189. The van der Waals surface area contributed by atoms with Crippen molar-refractivity contribution in [2.45, 2.75) is 13.0 Å². The number of rotatable bonds is 4. The third-order valence-electron chi connectivity index (χ3n) is 2.81. The largest absolute Gasteiger partial charge is 0.508 e. The van der Waals surface area contributed by atoms with Gasteiger partial charge in [0.25, 0.3) is 0 Å². The Balaban J connectivity index is 1.65. The smallest absolute Gasteiger partial charge is 0.407 e. The van der Waals surface area contributed by atoms with Gasteiger partial charge in [0.2, 0.25) is 0 Å². The summed E-state index contributed by atoms with van der Waals surface area (Å²) in [6.07, 6.45) is 0.0545. The lowest BCUT2D eigenvalue weighted by Crippen LogP contribution is -2.24. The number of nitrogens with one attached hydrogen (secondary N) is 1. The Bertz CT molecular complexity index is 671. The van der Waals surface area contributed by atoms with Gasteiger partial charge in [0.15, 0.2) is 0 Å². The van der Waals surface area contributed by atoms with Gasteiger partial charge in [-0.05, 0) is 23.8 Å². The molecular weight excluding hydrogens is 278 g/mol. The van der Waals surface area contributed by atoms with Gasteiger partial charge in [0.1, 0.15) is 12.4 Å². The van der Waals surface area contributed by atoms with Crippen molar-refractivity contribution >= 4 is 6.09 Å². The van der Waals surface area contributed by atoms with Gasteiger partial charge in [-0.2, -0.15) is 0 Å². The highest BCUT2D eigenvalue weighted by Gasteiger charge is 2.00. The second kappa shape index (κ2) is 8.38. The molecule has 1 amide bonds. The van der Waals surface area contributed by atoms with Gasteiger partial charge in [-0.3, -0.25) is 0 Å². The van der Waals surface area contributed by atoms with Crippen LogP contribution in [0.15, 0.2) is 54.6 Å². The first-order valence-corrected chi connectivity index (χ1v) is 6.96. The number of phenols is 1. The molecule has 112 valence electrons. The molecular formula is C18H17NO3. The number of carbonyl (C=O) groups is 1. The molecule has 2 aromatic rings. The number of benzene rings is 2. The van der Waals surface area contributed by atoms with Gasteiger partial charge in [-0.25, -0.2) is 4.79 Å². The summed E-state index contributed by atoms with van der Waals surface area (Å²) in [5, 5.41) is 11.9. The summed E-state index contributed by atoms with van der Waals surface area (Å²) >= 11 is 0. The van der Waals surface area contributed by atoms with E-state index in [2.05, 4.69) is 17.2 Å². The van der Waals surface area contributed by atoms with E-state index in [4.69, 9.17) is 4.74 Å². The van der Waals surface area contributed by atoms with E-state index in [-0.39, 0.29) is 12.4 Å². The first-order chi connectivity index (χ1) is 10.7. The molecule has 0 spiro atoms. The maximum atomic E-state index is 11.5. The Morgan fingerprint density at radius 3 is 2.73 bits per heavy atom. The number of ether oxygens (including phenoxy) is 1. The first kappa shape index (κ1) is 15.5. The van der Waals surface area contributed by atoms with Gasteiger partial charge in [-0.15, -0.1) is 0 Å². The number of alkyl carbamates (subject to hydrolysis) is 1. The van der Waals surface area contributed by atoms with Crippen LogP contribution in [-0.2, 0) is 11.3 Å². The van der Waals surface area contributed by atoms with Crippen LogP contribution in [0.3, 0.4) is 0 Å². The second-order valence-electron chi connectivity index (χ2n) is 4.59. The van der Waals surface area contributed by atoms with Crippen molar-refractivity contribution in [3.63, 3.8) is 0 Å². The number of carbonyl (C=O) groups excluding carboxylic acids is 1. The van der Waals surface area contributed by atoms with E-state index in [9.17, 15) is 9.90 Å². The summed E-state index contributed by atoms with van der Waals surface area (Å²) in [7, 11) is 0. The first-order valence-electron chi connectivity index (χ1n) is 6.96. The van der Waals surface area contributed by atoms with Crippen molar-refractivity contribution in [2.75, 3.05) is 6.54 Å². The van der Waals surface area contributed by atoms with Gasteiger partial charge in [0.05, 0.1) is 0 Å². The average Bonchev–Trinajstić information content (AvgIpc) is 2.54. The highest BCUT2D eigenvalue weighted by atomic mass is 16.5. The number of amides is 1. The van der Waals surface area contributed by atoms with Crippen LogP contribution in [0.1, 0.15) is 17.5 Å². The molecule has 0 heterocycles. The van der Waals surface area contributed by atoms with E-state index < -0.39 is 6.09 Å². The fourth-order valence-electron chi connectivity index (χ4n) is 1.75. The zero-order chi connectivity index (χ0) is 15.6. The molecule has 0 aliphatic heterocycles. The van der Waals surface area contributed by atoms with Crippen molar-refractivity contribution in [1.82, 2.24) is 5.32 Å². The molecule has 0 saturated heterocycles. The van der Waals surface area contributed by atoms with E-state index >= 15 is 0 Å². The molecule has 0 bridgehead atoms. The van der Waals surface area contributed by atoms with Crippen molar-refractivity contribution < 1.29 is 14.6 Å². The number of hydrogen-bond acceptors (Lipinski definition) is 3. The van der Waals surface area contributed by atoms with Crippen LogP contribution in [0, 0.1) is 11.8 Å². The third-order valence-corrected chi connectivity index (χ3v) is 2.81. The molecule has 0 unspecified atom stereocenters. The normalized spacial score (nSPS) is 9.45. The maximum Gasteiger partial charge on any atom is 0.407 e. The highest BCUT2D eigenvalue weighted by molar-refractivity contribution is 5.67. The quantitative estimate of drug-likeness (QED) is 0.673. The molecule has 0 fully saturated rings. The molecule has 0 radical (unpaired) electrons. The maximum absolute atomic E-state index is 11.5. The van der Waals surface area contributed by atoms with Crippen LogP contribution in [0.5, 0.6) is 5.75 Å². The van der Waals surface area contributed by atoms with Crippen LogP contribution in [0.25, 0.3) is 0 Å². The number of aromatic hydroxyl groups is 1. The lowest BCUT2D eigenvalue weighted by Gasteiger charge is -2.05. The SMILES string of the molecule is O=C(NCCC#Cc1cccc(O)c1)OCc1ccccc1. The molecule has 0 atom stereocenters. The summed E-state index contributed by atoms with van der Waals surface area (Å²) < 4.78 is 5.08. The predicted octanol–water partition coefficient (Wildman–Crippen LogP) is 3.06. The van der Waals surface area contributed by atoms with Gasteiger partial charge < -0.3 is 15.2 Å². The van der Waals surface area contributed by atoms with Crippen molar-refractivity contribution in [2.24, 2.45) is 0 Å². The van der Waals surface area contributed by atoms with Crippen LogP contribution in [0.2, 0.25) is 0 Å². The van der Waals surface area contributed by atoms with E-state index in [0.29, 0.717) is 13.0 Å². The second-order valence-corrected chi connectivity index (χ2v) is 4.59. The van der Waals surface area contributed by atoms with Gasteiger partial charge >= 0.3 is 6.09 Å². The van der Waals surface area contributed by atoms with Crippen molar-refractivity contribution in [3.05, 3.63) is 65.7 Å². The average molecular weight is 295 g/mol. The van der Waals surface area contributed by atoms with Crippen molar-refractivity contribution in [1.29, 1.82) is 0 Å². The fourth-order valence-corrected chi connectivity index (χ4v) is 1.75. The van der Waals surface area contributed by atoms with Crippen LogP contribution in [-0.4, -0.2) is 17.7 Å². The molecule has 0 aromatic heterocycles. The molecule has 2 N–H and O–H groups in total. The molecule has 4 nitrogen and oxygen atoms in total. The zero-order valence-corrected chi connectivity index (χ0v) is 12.1. The molecule has 0 aliphatic carbocycles. The summed E-state index contributed by atoms with van der Waals surface area (Å²) in [6, 6.07) is 16.2. The van der Waals surface area contributed by atoms with Crippen LogP contribution >= 0.6 is 0 Å². The Hall–Kier alpha value is -2.93. The third kappa shape index (κ3) is 5.59. The summed E-state index contributed by atoms with van der Waals surface area (Å²) in [5.74, 6) is 6.03. The monoisotopic (exact) mass is 295 g/mol. The van der Waals surface area contributed by atoms with E-state index in [1.165, 1.54) is 0 Å². The number of hydrogen-bond donors (Lipinski definition) is 2. The lowest BCUT2D eigenvalue weighted by molar-refractivity contribution is 0.140. The molecule has 0 saturated carbocycles. The van der Waals surface area contributed by atoms with Crippen molar-refractivity contribution in [3.8, 4) is 17.6 Å². The Labute approximate surface area is 129 Å². The van der Waals surface area contributed by atoms with E-state index in [1.807, 2.05) is 36.4 Å². The van der Waals surface area contributed by atoms with Crippen LogP contribution < -0.4 is 5.32 Å². The topological polar surface area (TPSA) is 58.6 Å². The standard InChI is InChI=1S/C18H17NO3/c20-17-11-6-10-15(13-17)7-4-5-12-19-18(21)22-14-16-8-2-1-3-9-16/h1-3,6,8-11,13,20H,5,12,14H2,(H,19,21). The summed E-state index contributed by atoms with van der Waals surface area (Å²) in [4.78, 5) is 11.5. The molecule has 2 aromatic carbocycles. The molecule has 2 rings (SSSR count). The molecule has 22 heavy (non-hydrogen) atoms. The molecule has 0 aliphatic rings. The minimum atomic E-state index is -0.456. The Morgan fingerprint density at radius 1 is 1.14 bits per heavy atom. The van der Waals surface area contributed by atoms with Gasteiger partial charge in [-0.1, -0.05) is 48.2 Å². The summed E-state index contributed by atoms with van der Waals surface area (Å²) in [6.45, 7) is 0.668. The fraction of sp³-hybridized carbons (Fsp3) is 0.167.